The van der Waals surface area contributed by atoms with Crippen molar-refractivity contribution in [3.63, 3.8) is 0 Å². The van der Waals surface area contributed by atoms with Crippen molar-refractivity contribution in [2.45, 2.75) is 26.4 Å². The number of hydrogen-bond acceptors (Lipinski definition) is 4. The lowest BCUT2D eigenvalue weighted by Gasteiger charge is -2.07. The van der Waals surface area contributed by atoms with Crippen LogP contribution in [0.15, 0.2) is 10.6 Å². The van der Waals surface area contributed by atoms with Crippen molar-refractivity contribution in [1.82, 2.24) is 10.5 Å². The molecule has 1 rings (SSSR count). The van der Waals surface area contributed by atoms with Gasteiger partial charge in [0.05, 0.1) is 6.10 Å². The van der Waals surface area contributed by atoms with Gasteiger partial charge in [0, 0.05) is 12.6 Å². The Bertz CT molecular complexity index is 309. The van der Waals surface area contributed by atoms with Crippen LogP contribution < -0.4 is 5.32 Å². The summed E-state index contributed by atoms with van der Waals surface area (Å²) in [6.07, 6.45) is 0.102. The molecule has 1 aromatic rings. The zero-order valence-electron chi connectivity index (χ0n) is 8.28. The Morgan fingerprint density at radius 2 is 2.50 bits per heavy atom. The van der Waals surface area contributed by atoms with Crippen LogP contribution in [0.25, 0.3) is 0 Å². The number of rotatable bonds is 4. The molecule has 5 nitrogen and oxygen atoms in total. The lowest BCUT2D eigenvalue weighted by Crippen LogP contribution is -2.31. The van der Waals surface area contributed by atoms with Gasteiger partial charge in [0.25, 0.3) is 5.91 Å². The molecule has 0 aliphatic heterocycles. The third-order valence-electron chi connectivity index (χ3n) is 1.83. The molecule has 0 bridgehead atoms. The fourth-order valence-corrected chi connectivity index (χ4v) is 0.919. The molecule has 0 fully saturated rings. The van der Waals surface area contributed by atoms with Crippen molar-refractivity contribution in [2.75, 3.05) is 6.54 Å². The van der Waals surface area contributed by atoms with Crippen LogP contribution in [0, 0.1) is 6.92 Å². The number of aliphatic hydroxyl groups is 1. The first-order valence-corrected chi connectivity index (χ1v) is 4.53. The Morgan fingerprint density at radius 3 is 3.00 bits per heavy atom. The molecule has 1 heterocycles. The Hall–Kier alpha value is -1.36. The van der Waals surface area contributed by atoms with Crippen LogP contribution in [0.1, 0.15) is 29.6 Å². The Kier molecular flexibility index (Phi) is 3.64. The highest BCUT2D eigenvalue weighted by molar-refractivity contribution is 5.92. The highest BCUT2D eigenvalue weighted by Crippen LogP contribution is 2.00. The number of nitrogens with one attached hydrogen (secondary N) is 1. The fourth-order valence-electron chi connectivity index (χ4n) is 0.919. The number of aliphatic hydroxyl groups excluding tert-OH is 1. The minimum Gasteiger partial charge on any atom is -0.391 e. The smallest absolute Gasteiger partial charge is 0.273 e. The second-order valence-electron chi connectivity index (χ2n) is 3.09. The van der Waals surface area contributed by atoms with Gasteiger partial charge >= 0.3 is 0 Å². The molecule has 2 N–H and O–H groups in total. The van der Waals surface area contributed by atoms with E-state index in [0.29, 0.717) is 12.2 Å². The van der Waals surface area contributed by atoms with Crippen molar-refractivity contribution in [3.8, 4) is 0 Å². The predicted molar refractivity (Wildman–Crippen MR) is 49.9 cm³/mol. The molecule has 0 aliphatic rings. The van der Waals surface area contributed by atoms with Crippen molar-refractivity contribution in [3.05, 3.63) is 17.5 Å². The van der Waals surface area contributed by atoms with Gasteiger partial charge in [-0.15, -0.1) is 0 Å². The van der Waals surface area contributed by atoms with Crippen LogP contribution in [-0.2, 0) is 0 Å². The molecule has 0 saturated heterocycles. The highest BCUT2D eigenvalue weighted by Gasteiger charge is 2.11. The molecular weight excluding hydrogens is 184 g/mol. The van der Waals surface area contributed by atoms with E-state index in [9.17, 15) is 9.90 Å². The standard InChI is InChI=1S/C9H14N2O3/c1-3-7(12)5-10-9(13)8-4-6(2)14-11-8/h4,7,12H,3,5H2,1-2H3,(H,10,13). The number of aromatic nitrogens is 1. The van der Waals surface area contributed by atoms with E-state index in [0.717, 1.165) is 0 Å². The molecule has 1 unspecified atom stereocenters. The Morgan fingerprint density at radius 1 is 1.79 bits per heavy atom. The molecule has 5 heteroatoms. The van der Waals surface area contributed by atoms with Gasteiger partial charge in [0.2, 0.25) is 0 Å². The maximum atomic E-state index is 11.3. The van der Waals surface area contributed by atoms with E-state index in [1.807, 2.05) is 6.92 Å². The van der Waals surface area contributed by atoms with Crippen LogP contribution >= 0.6 is 0 Å². The maximum absolute atomic E-state index is 11.3. The summed E-state index contributed by atoms with van der Waals surface area (Å²) < 4.78 is 4.75. The normalized spacial score (nSPS) is 12.5. The van der Waals surface area contributed by atoms with Gasteiger partial charge in [-0.25, -0.2) is 0 Å². The first-order chi connectivity index (χ1) is 6.63. The van der Waals surface area contributed by atoms with E-state index in [1.54, 1.807) is 13.0 Å². The molecule has 78 valence electrons. The van der Waals surface area contributed by atoms with E-state index in [2.05, 4.69) is 10.5 Å². The molecule has 1 amide bonds. The van der Waals surface area contributed by atoms with Gasteiger partial charge in [0.15, 0.2) is 5.69 Å². The molecular formula is C9H14N2O3. The van der Waals surface area contributed by atoms with Crippen molar-refractivity contribution in [2.24, 2.45) is 0 Å². The van der Waals surface area contributed by atoms with Crippen LogP contribution in [0.4, 0.5) is 0 Å². The van der Waals surface area contributed by atoms with Crippen LogP contribution in [-0.4, -0.2) is 28.8 Å². The Labute approximate surface area is 82.1 Å². The number of amides is 1. The van der Waals surface area contributed by atoms with E-state index >= 15 is 0 Å². The summed E-state index contributed by atoms with van der Waals surface area (Å²) in [6, 6.07) is 1.55. The third-order valence-corrected chi connectivity index (χ3v) is 1.83. The number of carbonyl (C=O) groups excluding carboxylic acids is 1. The summed E-state index contributed by atoms with van der Waals surface area (Å²) in [5.74, 6) is 0.264. The first kappa shape index (κ1) is 10.7. The van der Waals surface area contributed by atoms with E-state index < -0.39 is 6.10 Å². The minimum absolute atomic E-state index is 0.237. The van der Waals surface area contributed by atoms with E-state index in [1.165, 1.54) is 0 Å². The van der Waals surface area contributed by atoms with Gasteiger partial charge < -0.3 is 14.9 Å². The average molecular weight is 198 g/mol. The summed E-state index contributed by atoms with van der Waals surface area (Å²) in [4.78, 5) is 11.3. The molecule has 0 spiro atoms. The van der Waals surface area contributed by atoms with E-state index in [4.69, 9.17) is 4.52 Å². The summed E-state index contributed by atoms with van der Waals surface area (Å²) in [5.41, 5.74) is 0.241. The van der Waals surface area contributed by atoms with Crippen LogP contribution in [0.5, 0.6) is 0 Å². The van der Waals surface area contributed by atoms with E-state index in [-0.39, 0.29) is 18.1 Å². The predicted octanol–water partition coefficient (Wildman–Crippen LogP) is 0.484. The SMILES string of the molecule is CCC(O)CNC(=O)c1cc(C)on1. The largest absolute Gasteiger partial charge is 0.391 e. The molecule has 1 aromatic heterocycles. The maximum Gasteiger partial charge on any atom is 0.273 e. The molecule has 0 radical (unpaired) electrons. The summed E-state index contributed by atoms with van der Waals surface area (Å²) >= 11 is 0. The zero-order valence-corrected chi connectivity index (χ0v) is 8.28. The lowest BCUT2D eigenvalue weighted by atomic mass is 10.2. The second-order valence-corrected chi connectivity index (χ2v) is 3.09. The van der Waals surface area contributed by atoms with Gasteiger partial charge in [-0.3, -0.25) is 4.79 Å². The van der Waals surface area contributed by atoms with Gasteiger partial charge in [-0.1, -0.05) is 12.1 Å². The third kappa shape index (κ3) is 2.85. The van der Waals surface area contributed by atoms with Gasteiger partial charge in [-0.05, 0) is 13.3 Å². The van der Waals surface area contributed by atoms with Gasteiger partial charge in [-0.2, -0.15) is 0 Å². The first-order valence-electron chi connectivity index (χ1n) is 4.53. The number of hydrogen-bond donors (Lipinski definition) is 2. The van der Waals surface area contributed by atoms with Crippen molar-refractivity contribution >= 4 is 5.91 Å². The number of aryl methyl sites for hydroxylation is 1. The number of nitrogens with zero attached hydrogens (tertiary/aromatic N) is 1. The summed E-state index contributed by atoms with van der Waals surface area (Å²) in [6.45, 7) is 3.79. The lowest BCUT2D eigenvalue weighted by molar-refractivity contribution is 0.0905. The topological polar surface area (TPSA) is 75.4 Å². The molecule has 14 heavy (non-hydrogen) atoms. The minimum atomic E-state index is -0.507. The summed E-state index contributed by atoms with van der Waals surface area (Å²) in [7, 11) is 0. The number of carbonyl (C=O) groups is 1. The zero-order chi connectivity index (χ0) is 10.6. The molecule has 1 atom stereocenters. The van der Waals surface area contributed by atoms with Crippen molar-refractivity contribution in [1.29, 1.82) is 0 Å². The van der Waals surface area contributed by atoms with Gasteiger partial charge in [0.1, 0.15) is 5.76 Å². The van der Waals surface area contributed by atoms with Crippen molar-refractivity contribution < 1.29 is 14.4 Å². The molecule has 0 saturated carbocycles. The highest BCUT2D eigenvalue weighted by atomic mass is 16.5. The Balaban J connectivity index is 2.43. The fraction of sp³-hybridized carbons (Fsp3) is 0.556. The van der Waals surface area contributed by atoms with Crippen LogP contribution in [0.3, 0.4) is 0 Å². The van der Waals surface area contributed by atoms with Crippen LogP contribution in [0.2, 0.25) is 0 Å². The summed E-state index contributed by atoms with van der Waals surface area (Å²) in [5, 5.41) is 15.3. The molecule has 0 aromatic carbocycles. The second kappa shape index (κ2) is 4.76. The quantitative estimate of drug-likeness (QED) is 0.738. The monoisotopic (exact) mass is 198 g/mol. The average Bonchev–Trinajstić information content (AvgIpc) is 2.60. The molecule has 0 aliphatic carbocycles.